The molecule has 2 heterocycles. The summed E-state index contributed by atoms with van der Waals surface area (Å²) in [6.45, 7) is 0.197. The van der Waals surface area contributed by atoms with Crippen LogP contribution in [0.15, 0.2) is 59.6 Å². The van der Waals surface area contributed by atoms with Crippen LogP contribution in [0.4, 0.5) is 0 Å². The van der Waals surface area contributed by atoms with Gasteiger partial charge in [-0.3, -0.25) is 4.99 Å². The van der Waals surface area contributed by atoms with Crippen molar-refractivity contribution in [1.82, 2.24) is 4.98 Å². The molecule has 114 valence electrons. The molecule has 23 heavy (non-hydrogen) atoms. The lowest BCUT2D eigenvalue weighted by Crippen LogP contribution is -1.97. The van der Waals surface area contributed by atoms with Crippen molar-refractivity contribution in [3.63, 3.8) is 0 Å². The number of aryl methyl sites for hydroxylation is 1. The minimum atomic E-state index is 0.197. The van der Waals surface area contributed by atoms with E-state index in [-0.39, 0.29) is 12.6 Å². The fourth-order valence-electron chi connectivity index (χ4n) is 2.94. The molecule has 0 saturated heterocycles. The number of aliphatic hydroxyl groups is 1. The predicted octanol–water partition coefficient (Wildman–Crippen LogP) is 3.95. The third kappa shape index (κ3) is 2.88. The molecule has 0 bridgehead atoms. The van der Waals surface area contributed by atoms with E-state index in [9.17, 15) is 5.11 Å². The van der Waals surface area contributed by atoms with Crippen molar-refractivity contribution < 1.29 is 5.11 Å². The van der Waals surface area contributed by atoms with Crippen molar-refractivity contribution in [2.45, 2.75) is 18.9 Å². The summed E-state index contributed by atoms with van der Waals surface area (Å²) in [6.07, 6.45) is 3.53. The Balaban J connectivity index is 1.84. The molecule has 1 N–H and O–H groups in total. The van der Waals surface area contributed by atoms with Crippen LogP contribution in [-0.4, -0.2) is 22.9 Å². The maximum absolute atomic E-state index is 9.19. The van der Waals surface area contributed by atoms with Crippen LogP contribution in [0, 0.1) is 0 Å². The van der Waals surface area contributed by atoms with E-state index in [2.05, 4.69) is 41.4 Å². The van der Waals surface area contributed by atoms with Gasteiger partial charge in [0.05, 0.1) is 11.2 Å². The molecule has 1 aliphatic rings. The van der Waals surface area contributed by atoms with Gasteiger partial charge in [-0.25, -0.2) is 4.98 Å². The summed E-state index contributed by atoms with van der Waals surface area (Å²) in [5.74, 6) is 0. The van der Waals surface area contributed by atoms with E-state index in [1.54, 1.807) is 0 Å². The second kappa shape index (κ2) is 5.94. The van der Waals surface area contributed by atoms with E-state index in [4.69, 9.17) is 4.98 Å². The fraction of sp³-hybridized carbons (Fsp3) is 0.200. The second-order valence-electron chi connectivity index (χ2n) is 5.88. The van der Waals surface area contributed by atoms with Gasteiger partial charge in [0.15, 0.2) is 0 Å². The van der Waals surface area contributed by atoms with Gasteiger partial charge in [-0.15, -0.1) is 0 Å². The second-order valence-corrected chi connectivity index (χ2v) is 5.88. The van der Waals surface area contributed by atoms with Gasteiger partial charge in [-0.05, 0) is 42.2 Å². The molecule has 1 aromatic heterocycles. The molecule has 4 rings (SSSR count). The zero-order valence-corrected chi connectivity index (χ0v) is 12.8. The number of hydrogen-bond donors (Lipinski definition) is 1. The first kappa shape index (κ1) is 14.1. The first-order chi connectivity index (χ1) is 11.3. The van der Waals surface area contributed by atoms with E-state index in [0.717, 1.165) is 35.0 Å². The number of hydrogen-bond acceptors (Lipinski definition) is 3. The zero-order valence-electron chi connectivity index (χ0n) is 12.8. The van der Waals surface area contributed by atoms with Gasteiger partial charge in [0.2, 0.25) is 0 Å². The van der Waals surface area contributed by atoms with E-state index in [1.807, 2.05) is 24.4 Å². The Bertz CT molecular complexity index is 865. The quantitative estimate of drug-likeness (QED) is 0.775. The Kier molecular flexibility index (Phi) is 3.64. The van der Waals surface area contributed by atoms with Crippen LogP contribution in [0.5, 0.6) is 0 Å². The summed E-state index contributed by atoms with van der Waals surface area (Å²) in [7, 11) is 0. The third-order valence-electron chi connectivity index (χ3n) is 4.21. The topological polar surface area (TPSA) is 45.5 Å². The van der Waals surface area contributed by atoms with Gasteiger partial charge in [0, 0.05) is 23.8 Å². The maximum atomic E-state index is 9.19. The van der Waals surface area contributed by atoms with Crippen LogP contribution < -0.4 is 0 Å². The molecule has 0 aliphatic carbocycles. The molecule has 3 aromatic rings. The maximum Gasteiger partial charge on any atom is 0.109 e. The average molecular weight is 302 g/mol. The summed E-state index contributed by atoms with van der Waals surface area (Å²) in [6, 6.07) is 19.1. The lowest BCUT2D eigenvalue weighted by Gasteiger charge is -2.11. The van der Waals surface area contributed by atoms with Gasteiger partial charge in [-0.1, -0.05) is 36.4 Å². The molecular weight excluding hydrogens is 284 g/mol. The van der Waals surface area contributed by atoms with E-state index in [0.29, 0.717) is 0 Å². The molecule has 3 nitrogen and oxygen atoms in total. The molecule has 1 aliphatic heterocycles. The first-order valence-electron chi connectivity index (χ1n) is 7.98. The fourth-order valence-corrected chi connectivity index (χ4v) is 2.94. The number of aromatic nitrogens is 1. The van der Waals surface area contributed by atoms with Crippen LogP contribution >= 0.6 is 0 Å². The van der Waals surface area contributed by atoms with Gasteiger partial charge in [0.25, 0.3) is 0 Å². The standard InChI is InChI=1S/C20H18N2O/c23-10-4-7-16-12-17-11-15(19-13-21-19)8-9-18(17)22-20(16)14-5-2-1-3-6-14/h1-3,5-6,8-9,11-13,19,23H,4,7,10H2. The largest absolute Gasteiger partial charge is 0.396 e. The molecule has 0 saturated carbocycles. The number of fused-ring (bicyclic) bond motifs is 1. The van der Waals surface area contributed by atoms with Crippen molar-refractivity contribution in [3.8, 4) is 11.3 Å². The van der Waals surface area contributed by atoms with Crippen molar-refractivity contribution >= 4 is 17.1 Å². The molecule has 0 radical (unpaired) electrons. The Morgan fingerprint density at radius 1 is 1.00 bits per heavy atom. The molecule has 2 aromatic carbocycles. The Morgan fingerprint density at radius 3 is 2.57 bits per heavy atom. The van der Waals surface area contributed by atoms with Crippen molar-refractivity contribution in [1.29, 1.82) is 0 Å². The monoisotopic (exact) mass is 302 g/mol. The third-order valence-corrected chi connectivity index (χ3v) is 4.21. The lowest BCUT2D eigenvalue weighted by atomic mass is 9.98. The Morgan fingerprint density at radius 2 is 1.83 bits per heavy atom. The van der Waals surface area contributed by atoms with Crippen LogP contribution in [0.3, 0.4) is 0 Å². The van der Waals surface area contributed by atoms with Crippen LogP contribution in [0.1, 0.15) is 23.6 Å². The molecule has 0 amide bonds. The van der Waals surface area contributed by atoms with Gasteiger partial charge < -0.3 is 5.11 Å². The number of aliphatic hydroxyl groups excluding tert-OH is 1. The first-order valence-corrected chi connectivity index (χ1v) is 7.98. The van der Waals surface area contributed by atoms with Crippen molar-refractivity contribution in [2.24, 2.45) is 4.99 Å². The van der Waals surface area contributed by atoms with Crippen LogP contribution in [0.25, 0.3) is 22.2 Å². The van der Waals surface area contributed by atoms with Crippen molar-refractivity contribution in [3.05, 3.63) is 65.7 Å². The highest BCUT2D eigenvalue weighted by Crippen LogP contribution is 2.30. The summed E-state index contributed by atoms with van der Waals surface area (Å²) in [5, 5.41) is 10.3. The summed E-state index contributed by atoms with van der Waals surface area (Å²) >= 11 is 0. The highest BCUT2D eigenvalue weighted by molar-refractivity contribution is 5.87. The number of rotatable bonds is 5. The Hall–Kier alpha value is -2.52. The molecular formula is C20H18N2O. The van der Waals surface area contributed by atoms with Gasteiger partial charge >= 0.3 is 0 Å². The van der Waals surface area contributed by atoms with Crippen molar-refractivity contribution in [2.75, 3.05) is 6.61 Å². The summed E-state index contributed by atoms with van der Waals surface area (Å²) in [5.41, 5.74) is 5.55. The lowest BCUT2D eigenvalue weighted by molar-refractivity contribution is 0.288. The summed E-state index contributed by atoms with van der Waals surface area (Å²) in [4.78, 5) is 9.13. The SMILES string of the molecule is OCCCc1cc2cc(C3C=N3)ccc2nc1-c1ccccc1. The smallest absolute Gasteiger partial charge is 0.109 e. The summed E-state index contributed by atoms with van der Waals surface area (Å²) < 4.78 is 0. The molecule has 1 unspecified atom stereocenters. The number of aliphatic imine (C=N–C) groups is 1. The van der Waals surface area contributed by atoms with E-state index in [1.165, 1.54) is 11.1 Å². The normalized spacial score (nSPS) is 16.0. The Labute approximate surface area is 135 Å². The molecule has 3 heteroatoms. The molecule has 0 spiro atoms. The van der Waals surface area contributed by atoms with Gasteiger partial charge in [0.1, 0.15) is 6.04 Å². The number of nitrogens with zero attached hydrogens (tertiary/aromatic N) is 2. The van der Waals surface area contributed by atoms with E-state index < -0.39 is 0 Å². The minimum absolute atomic E-state index is 0.197. The molecule has 0 fully saturated rings. The van der Waals surface area contributed by atoms with Crippen LogP contribution in [0.2, 0.25) is 0 Å². The van der Waals surface area contributed by atoms with Gasteiger partial charge in [-0.2, -0.15) is 0 Å². The van der Waals surface area contributed by atoms with E-state index >= 15 is 0 Å². The van der Waals surface area contributed by atoms with Crippen LogP contribution in [-0.2, 0) is 6.42 Å². The minimum Gasteiger partial charge on any atom is -0.396 e. The average Bonchev–Trinajstić information content (AvgIpc) is 3.44. The molecule has 1 atom stereocenters. The highest BCUT2D eigenvalue weighted by atomic mass is 16.2. The highest BCUT2D eigenvalue weighted by Gasteiger charge is 2.17. The number of benzene rings is 2. The predicted molar refractivity (Wildman–Crippen MR) is 93.8 cm³/mol. The number of pyridine rings is 1. The zero-order chi connectivity index (χ0) is 15.6.